The predicted molar refractivity (Wildman–Crippen MR) is 76.0 cm³/mol. The van der Waals surface area contributed by atoms with Gasteiger partial charge in [0.25, 0.3) is 0 Å². The van der Waals surface area contributed by atoms with E-state index >= 15 is 0 Å². The van der Waals surface area contributed by atoms with Crippen LogP contribution in [-0.4, -0.2) is 16.2 Å². The monoisotopic (exact) mass is 265 g/mol. The van der Waals surface area contributed by atoms with Gasteiger partial charge in [-0.15, -0.1) is 0 Å². The van der Waals surface area contributed by atoms with Crippen LogP contribution in [0.2, 0.25) is 0 Å². The van der Waals surface area contributed by atoms with Gasteiger partial charge in [0.15, 0.2) is 5.82 Å². The van der Waals surface area contributed by atoms with Crippen LogP contribution in [0, 0.1) is 5.92 Å². The van der Waals surface area contributed by atoms with E-state index in [1.807, 2.05) is 6.92 Å². The van der Waals surface area contributed by atoms with Crippen LogP contribution in [-0.2, 0) is 0 Å². The Kier molecular flexibility index (Phi) is 4.97. The molecule has 0 aliphatic heterocycles. The number of nitrogens with two attached hydrogens (primary N) is 1. The van der Waals surface area contributed by atoms with Crippen molar-refractivity contribution in [3.05, 3.63) is 11.7 Å². The SMILES string of the molecule is CCC1CCCC(c2noc(C(CC)C(C)N)n2)C1. The summed E-state index contributed by atoms with van der Waals surface area (Å²) < 4.78 is 5.46. The summed E-state index contributed by atoms with van der Waals surface area (Å²) in [4.78, 5) is 4.64. The smallest absolute Gasteiger partial charge is 0.231 e. The molecule has 0 spiro atoms. The van der Waals surface area contributed by atoms with Crippen molar-refractivity contribution < 1.29 is 4.52 Å². The Hall–Kier alpha value is -0.900. The van der Waals surface area contributed by atoms with Gasteiger partial charge in [0.2, 0.25) is 5.89 Å². The molecule has 2 N–H and O–H groups in total. The van der Waals surface area contributed by atoms with E-state index in [0.717, 1.165) is 24.1 Å². The van der Waals surface area contributed by atoms with E-state index in [9.17, 15) is 0 Å². The quantitative estimate of drug-likeness (QED) is 0.883. The van der Waals surface area contributed by atoms with Crippen molar-refractivity contribution in [1.29, 1.82) is 0 Å². The Labute approximate surface area is 116 Å². The van der Waals surface area contributed by atoms with Crippen LogP contribution < -0.4 is 5.73 Å². The molecule has 0 aromatic carbocycles. The zero-order chi connectivity index (χ0) is 13.8. The average Bonchev–Trinajstić information content (AvgIpc) is 2.89. The lowest BCUT2D eigenvalue weighted by Gasteiger charge is -2.26. The molecule has 1 heterocycles. The summed E-state index contributed by atoms with van der Waals surface area (Å²) in [6.45, 7) is 6.40. The van der Waals surface area contributed by atoms with Crippen molar-refractivity contribution >= 4 is 0 Å². The third kappa shape index (κ3) is 3.35. The highest BCUT2D eigenvalue weighted by molar-refractivity contribution is 5.02. The molecule has 4 unspecified atom stereocenters. The first kappa shape index (κ1) is 14.5. The maximum atomic E-state index is 5.98. The number of hydrogen-bond donors (Lipinski definition) is 1. The van der Waals surface area contributed by atoms with Crippen molar-refractivity contribution in [3.8, 4) is 0 Å². The second-order valence-electron chi connectivity index (χ2n) is 6.00. The van der Waals surface area contributed by atoms with E-state index in [4.69, 9.17) is 10.3 Å². The molecule has 108 valence electrons. The van der Waals surface area contributed by atoms with Gasteiger partial charge in [-0.25, -0.2) is 0 Å². The fourth-order valence-electron chi connectivity index (χ4n) is 3.23. The van der Waals surface area contributed by atoms with E-state index < -0.39 is 0 Å². The summed E-state index contributed by atoms with van der Waals surface area (Å²) >= 11 is 0. The topological polar surface area (TPSA) is 64.9 Å². The molecule has 4 heteroatoms. The van der Waals surface area contributed by atoms with E-state index in [1.54, 1.807) is 0 Å². The Bertz CT molecular complexity index is 388. The number of rotatable bonds is 5. The molecule has 0 bridgehead atoms. The number of nitrogens with zero attached hydrogens (tertiary/aromatic N) is 2. The van der Waals surface area contributed by atoms with Gasteiger partial charge in [0.05, 0.1) is 5.92 Å². The van der Waals surface area contributed by atoms with Crippen LogP contribution in [0.15, 0.2) is 4.52 Å². The third-order valence-electron chi connectivity index (χ3n) is 4.57. The molecule has 1 aliphatic carbocycles. The van der Waals surface area contributed by atoms with Crippen LogP contribution >= 0.6 is 0 Å². The molecule has 4 atom stereocenters. The third-order valence-corrected chi connectivity index (χ3v) is 4.57. The van der Waals surface area contributed by atoms with Gasteiger partial charge in [0.1, 0.15) is 0 Å². The molecule has 0 amide bonds. The molecule has 1 aromatic heterocycles. The molecular formula is C15H27N3O. The van der Waals surface area contributed by atoms with E-state index in [0.29, 0.717) is 5.92 Å². The Balaban J connectivity index is 2.07. The molecule has 1 aromatic rings. The highest BCUT2D eigenvalue weighted by Gasteiger charge is 2.28. The summed E-state index contributed by atoms with van der Waals surface area (Å²) in [5.41, 5.74) is 5.98. The van der Waals surface area contributed by atoms with Crippen LogP contribution in [0.5, 0.6) is 0 Å². The van der Waals surface area contributed by atoms with Crippen LogP contribution in [0.3, 0.4) is 0 Å². The molecule has 1 saturated carbocycles. The van der Waals surface area contributed by atoms with Gasteiger partial charge in [-0.1, -0.05) is 38.3 Å². The summed E-state index contributed by atoms with van der Waals surface area (Å²) in [5, 5.41) is 4.22. The van der Waals surface area contributed by atoms with Crippen molar-refractivity contribution in [3.63, 3.8) is 0 Å². The summed E-state index contributed by atoms with van der Waals surface area (Å²) in [7, 11) is 0. The summed E-state index contributed by atoms with van der Waals surface area (Å²) in [6, 6.07) is 0.0630. The summed E-state index contributed by atoms with van der Waals surface area (Å²) in [5.74, 6) is 3.14. The highest BCUT2D eigenvalue weighted by Crippen LogP contribution is 2.36. The van der Waals surface area contributed by atoms with Gasteiger partial charge in [-0.3, -0.25) is 0 Å². The standard InChI is InChI=1S/C15H27N3O/c1-4-11-7-6-8-12(9-11)14-17-15(19-18-14)13(5-2)10(3)16/h10-13H,4-9,16H2,1-3H3. The normalized spacial score (nSPS) is 27.2. The van der Waals surface area contributed by atoms with Crippen molar-refractivity contribution in [2.45, 2.75) is 77.2 Å². The van der Waals surface area contributed by atoms with Crippen LogP contribution in [0.1, 0.15) is 82.8 Å². The zero-order valence-corrected chi connectivity index (χ0v) is 12.4. The van der Waals surface area contributed by atoms with Gasteiger partial charge in [-0.05, 0) is 32.1 Å². The molecule has 19 heavy (non-hydrogen) atoms. The Morgan fingerprint density at radius 1 is 1.37 bits per heavy atom. The fraction of sp³-hybridized carbons (Fsp3) is 0.867. The number of hydrogen-bond acceptors (Lipinski definition) is 4. The molecular weight excluding hydrogens is 238 g/mol. The fourth-order valence-corrected chi connectivity index (χ4v) is 3.23. The van der Waals surface area contributed by atoms with Crippen LogP contribution in [0.4, 0.5) is 0 Å². The second-order valence-corrected chi connectivity index (χ2v) is 6.00. The van der Waals surface area contributed by atoms with E-state index in [1.165, 1.54) is 32.1 Å². The Morgan fingerprint density at radius 2 is 2.16 bits per heavy atom. The minimum absolute atomic E-state index is 0.0630. The first-order valence-electron chi connectivity index (χ1n) is 7.74. The lowest BCUT2D eigenvalue weighted by molar-refractivity contribution is 0.294. The minimum Gasteiger partial charge on any atom is -0.339 e. The van der Waals surface area contributed by atoms with Gasteiger partial charge < -0.3 is 10.3 Å². The maximum Gasteiger partial charge on any atom is 0.231 e. The van der Waals surface area contributed by atoms with Crippen molar-refractivity contribution in [1.82, 2.24) is 10.1 Å². The van der Waals surface area contributed by atoms with E-state index in [2.05, 4.69) is 24.0 Å². The molecule has 4 nitrogen and oxygen atoms in total. The second kappa shape index (κ2) is 6.51. The number of aromatic nitrogens is 2. The predicted octanol–water partition coefficient (Wildman–Crippen LogP) is 3.59. The Morgan fingerprint density at radius 3 is 2.79 bits per heavy atom. The first-order valence-corrected chi connectivity index (χ1v) is 7.74. The van der Waals surface area contributed by atoms with Gasteiger partial charge >= 0.3 is 0 Å². The van der Waals surface area contributed by atoms with E-state index in [-0.39, 0.29) is 12.0 Å². The van der Waals surface area contributed by atoms with Gasteiger partial charge in [0, 0.05) is 12.0 Å². The maximum absolute atomic E-state index is 5.98. The minimum atomic E-state index is 0.0630. The summed E-state index contributed by atoms with van der Waals surface area (Å²) in [6.07, 6.45) is 7.27. The van der Waals surface area contributed by atoms with Gasteiger partial charge in [-0.2, -0.15) is 4.98 Å². The zero-order valence-electron chi connectivity index (χ0n) is 12.4. The van der Waals surface area contributed by atoms with Crippen molar-refractivity contribution in [2.75, 3.05) is 0 Å². The molecule has 0 saturated heterocycles. The molecule has 0 radical (unpaired) electrons. The highest BCUT2D eigenvalue weighted by atomic mass is 16.5. The molecule has 1 fully saturated rings. The molecule has 1 aliphatic rings. The average molecular weight is 265 g/mol. The largest absolute Gasteiger partial charge is 0.339 e. The van der Waals surface area contributed by atoms with Crippen molar-refractivity contribution in [2.24, 2.45) is 11.7 Å². The lowest BCUT2D eigenvalue weighted by Crippen LogP contribution is -2.24. The first-order chi connectivity index (χ1) is 9.15. The van der Waals surface area contributed by atoms with Crippen LogP contribution in [0.25, 0.3) is 0 Å². The lowest BCUT2D eigenvalue weighted by atomic mass is 9.80. The molecule has 2 rings (SSSR count).